The van der Waals surface area contributed by atoms with Gasteiger partial charge in [-0.1, -0.05) is 11.6 Å². The molecule has 2 heterocycles. The summed E-state index contributed by atoms with van der Waals surface area (Å²) in [5.74, 6) is 0.0431. The maximum absolute atomic E-state index is 12.2. The van der Waals surface area contributed by atoms with Crippen LogP contribution in [0.25, 0.3) is 0 Å². The molecular formula is C13H17BrClN5O. The number of carbonyl (C=O) groups is 1. The van der Waals surface area contributed by atoms with E-state index in [4.69, 9.17) is 11.6 Å². The largest absolute Gasteiger partial charge is 0.340 e. The Hall–Kier alpha value is -1.34. The molecule has 114 valence electrons. The Morgan fingerprint density at radius 3 is 2.81 bits per heavy atom. The molecule has 21 heavy (non-hydrogen) atoms. The van der Waals surface area contributed by atoms with Crippen LogP contribution in [0.4, 0.5) is 0 Å². The fourth-order valence-electron chi connectivity index (χ4n) is 1.99. The molecule has 2 aromatic rings. The first-order valence-corrected chi connectivity index (χ1v) is 7.80. The second-order valence-electron chi connectivity index (χ2n) is 4.68. The molecule has 0 saturated carbocycles. The Morgan fingerprint density at radius 2 is 2.19 bits per heavy atom. The van der Waals surface area contributed by atoms with E-state index in [0.717, 1.165) is 16.7 Å². The minimum Gasteiger partial charge on any atom is -0.340 e. The van der Waals surface area contributed by atoms with Gasteiger partial charge in [0.25, 0.3) is 0 Å². The standard InChI is InChI=1S/C13H17BrClN5O/c1-3-20-12(11(15)7-17-20)9-18(2)13(21)4-5-19-8-10(14)6-16-19/h6-8H,3-5,9H2,1-2H3. The van der Waals surface area contributed by atoms with Crippen LogP contribution < -0.4 is 0 Å². The lowest BCUT2D eigenvalue weighted by Crippen LogP contribution is -2.28. The normalized spacial score (nSPS) is 10.9. The van der Waals surface area contributed by atoms with E-state index in [1.807, 2.05) is 13.1 Å². The first-order valence-electron chi connectivity index (χ1n) is 6.63. The van der Waals surface area contributed by atoms with Crippen LogP contribution >= 0.6 is 27.5 Å². The zero-order valence-electron chi connectivity index (χ0n) is 12.0. The van der Waals surface area contributed by atoms with Crippen molar-refractivity contribution in [3.63, 3.8) is 0 Å². The molecule has 0 fully saturated rings. The zero-order valence-corrected chi connectivity index (χ0v) is 14.3. The predicted octanol–water partition coefficient (Wildman–Crippen LogP) is 2.56. The minimum absolute atomic E-state index is 0.0431. The fourth-order valence-corrected chi connectivity index (χ4v) is 2.52. The molecule has 0 aliphatic heterocycles. The van der Waals surface area contributed by atoms with Gasteiger partial charge in [-0.25, -0.2) is 0 Å². The van der Waals surface area contributed by atoms with Gasteiger partial charge in [0, 0.05) is 32.8 Å². The third-order valence-electron chi connectivity index (χ3n) is 3.17. The third-order valence-corrected chi connectivity index (χ3v) is 3.89. The number of carbonyl (C=O) groups excluding carboxylic acids is 1. The maximum atomic E-state index is 12.2. The number of hydrogen-bond donors (Lipinski definition) is 0. The molecule has 0 bridgehead atoms. The van der Waals surface area contributed by atoms with E-state index in [-0.39, 0.29) is 5.91 Å². The molecule has 1 amide bonds. The van der Waals surface area contributed by atoms with Crippen LogP contribution in [0.2, 0.25) is 5.02 Å². The van der Waals surface area contributed by atoms with Crippen LogP contribution in [0.15, 0.2) is 23.1 Å². The first-order chi connectivity index (χ1) is 10.0. The molecule has 2 rings (SSSR count). The molecule has 0 atom stereocenters. The van der Waals surface area contributed by atoms with Gasteiger partial charge >= 0.3 is 0 Å². The molecule has 2 aromatic heterocycles. The quantitative estimate of drug-likeness (QED) is 0.781. The Balaban J connectivity index is 1.91. The lowest BCUT2D eigenvalue weighted by Gasteiger charge is -2.18. The van der Waals surface area contributed by atoms with E-state index >= 15 is 0 Å². The van der Waals surface area contributed by atoms with Gasteiger partial charge in [0.2, 0.25) is 5.91 Å². The Bertz CT molecular complexity index is 624. The Labute approximate surface area is 136 Å². The summed E-state index contributed by atoms with van der Waals surface area (Å²) in [4.78, 5) is 13.8. The van der Waals surface area contributed by atoms with Gasteiger partial charge in [0.1, 0.15) is 0 Å². The van der Waals surface area contributed by atoms with Gasteiger partial charge in [0.15, 0.2) is 0 Å². The van der Waals surface area contributed by atoms with Crippen molar-refractivity contribution < 1.29 is 4.79 Å². The number of rotatable bonds is 6. The van der Waals surface area contributed by atoms with E-state index in [1.165, 1.54) is 0 Å². The molecule has 6 nitrogen and oxygen atoms in total. The summed E-state index contributed by atoms with van der Waals surface area (Å²) >= 11 is 9.44. The van der Waals surface area contributed by atoms with E-state index in [9.17, 15) is 4.79 Å². The molecule has 0 aromatic carbocycles. The van der Waals surface area contributed by atoms with Gasteiger partial charge in [-0.05, 0) is 22.9 Å². The van der Waals surface area contributed by atoms with Gasteiger partial charge in [-0.15, -0.1) is 0 Å². The van der Waals surface area contributed by atoms with Crippen LogP contribution in [-0.4, -0.2) is 37.4 Å². The summed E-state index contributed by atoms with van der Waals surface area (Å²) < 4.78 is 4.44. The number of amides is 1. The molecule has 0 saturated heterocycles. The highest BCUT2D eigenvalue weighted by Crippen LogP contribution is 2.17. The highest BCUT2D eigenvalue weighted by atomic mass is 79.9. The van der Waals surface area contributed by atoms with E-state index in [0.29, 0.717) is 24.5 Å². The van der Waals surface area contributed by atoms with Crippen LogP contribution in [0.5, 0.6) is 0 Å². The molecule has 0 N–H and O–H groups in total. The monoisotopic (exact) mass is 373 g/mol. The highest BCUT2D eigenvalue weighted by molar-refractivity contribution is 9.10. The number of aryl methyl sites for hydroxylation is 2. The number of nitrogens with zero attached hydrogens (tertiary/aromatic N) is 5. The second kappa shape index (κ2) is 7.09. The summed E-state index contributed by atoms with van der Waals surface area (Å²) in [5, 5.41) is 8.89. The summed E-state index contributed by atoms with van der Waals surface area (Å²) in [7, 11) is 1.77. The lowest BCUT2D eigenvalue weighted by atomic mass is 10.3. The SMILES string of the molecule is CCn1ncc(Cl)c1CN(C)C(=O)CCn1cc(Br)cn1. The summed E-state index contributed by atoms with van der Waals surface area (Å²) in [6.07, 6.45) is 5.55. The van der Waals surface area contributed by atoms with Gasteiger partial charge in [-0.3, -0.25) is 14.2 Å². The minimum atomic E-state index is 0.0431. The topological polar surface area (TPSA) is 56.0 Å². The summed E-state index contributed by atoms with van der Waals surface area (Å²) in [6, 6.07) is 0. The molecule has 8 heteroatoms. The van der Waals surface area contributed by atoms with Crippen molar-refractivity contribution in [2.24, 2.45) is 0 Å². The van der Waals surface area contributed by atoms with Crippen LogP contribution in [0.3, 0.4) is 0 Å². The first kappa shape index (κ1) is 16.0. The van der Waals surface area contributed by atoms with Gasteiger partial charge in [-0.2, -0.15) is 10.2 Å². The second-order valence-corrected chi connectivity index (χ2v) is 6.00. The van der Waals surface area contributed by atoms with Gasteiger partial charge < -0.3 is 4.90 Å². The molecule has 0 aliphatic rings. The van der Waals surface area contributed by atoms with Crippen LogP contribution in [-0.2, 0) is 24.4 Å². The van der Waals surface area contributed by atoms with E-state index in [1.54, 1.807) is 33.7 Å². The van der Waals surface area contributed by atoms with Crippen molar-refractivity contribution >= 4 is 33.4 Å². The maximum Gasteiger partial charge on any atom is 0.224 e. The fraction of sp³-hybridized carbons (Fsp3) is 0.462. The molecular weight excluding hydrogens is 358 g/mol. The highest BCUT2D eigenvalue weighted by Gasteiger charge is 2.15. The van der Waals surface area contributed by atoms with E-state index < -0.39 is 0 Å². The molecule has 0 radical (unpaired) electrons. The smallest absolute Gasteiger partial charge is 0.224 e. The van der Waals surface area contributed by atoms with Crippen molar-refractivity contribution in [3.05, 3.63) is 33.8 Å². The van der Waals surface area contributed by atoms with Crippen molar-refractivity contribution in [3.8, 4) is 0 Å². The van der Waals surface area contributed by atoms with Gasteiger partial charge in [0.05, 0.1) is 34.1 Å². The van der Waals surface area contributed by atoms with Crippen molar-refractivity contribution in [1.29, 1.82) is 0 Å². The summed E-state index contributed by atoms with van der Waals surface area (Å²) in [6.45, 7) is 3.72. The van der Waals surface area contributed by atoms with Crippen LogP contribution in [0.1, 0.15) is 19.0 Å². The average molecular weight is 375 g/mol. The molecule has 0 aliphatic carbocycles. The Kier molecular flexibility index (Phi) is 5.41. The zero-order chi connectivity index (χ0) is 15.4. The van der Waals surface area contributed by atoms with Crippen LogP contribution in [0, 0.1) is 0 Å². The molecule has 0 unspecified atom stereocenters. The number of aromatic nitrogens is 4. The van der Waals surface area contributed by atoms with Crippen molar-refractivity contribution in [1.82, 2.24) is 24.5 Å². The van der Waals surface area contributed by atoms with Crippen molar-refractivity contribution in [2.75, 3.05) is 7.05 Å². The Morgan fingerprint density at radius 1 is 1.43 bits per heavy atom. The number of halogens is 2. The average Bonchev–Trinajstić information content (AvgIpc) is 3.03. The van der Waals surface area contributed by atoms with Crippen molar-refractivity contribution in [2.45, 2.75) is 33.0 Å². The molecule has 0 spiro atoms. The number of hydrogen-bond acceptors (Lipinski definition) is 3. The summed E-state index contributed by atoms with van der Waals surface area (Å²) in [5.41, 5.74) is 0.858. The van der Waals surface area contributed by atoms with E-state index in [2.05, 4.69) is 26.1 Å². The predicted molar refractivity (Wildman–Crippen MR) is 83.9 cm³/mol. The lowest BCUT2D eigenvalue weighted by molar-refractivity contribution is -0.130. The third kappa shape index (κ3) is 4.07.